The van der Waals surface area contributed by atoms with Crippen LogP contribution >= 0.6 is 23.2 Å². The fraction of sp³-hybridized carbons (Fsp3) is 0.286. The molecule has 0 spiro atoms. The zero-order valence-electron chi connectivity index (χ0n) is 16.7. The van der Waals surface area contributed by atoms with Gasteiger partial charge in [-0.3, -0.25) is 0 Å². The second-order valence-electron chi connectivity index (χ2n) is 7.65. The van der Waals surface area contributed by atoms with E-state index in [1.165, 1.54) is 42.5 Å². The number of carbonyl (C=O) groups is 1. The zero-order chi connectivity index (χ0) is 22.7. The number of aliphatic carboxylic acids is 1. The molecular weight excluding hydrogens is 449 g/mol. The number of benzene rings is 2. The highest BCUT2D eigenvalue weighted by atomic mass is 35.5. The van der Waals surface area contributed by atoms with E-state index in [4.69, 9.17) is 23.2 Å². The molecule has 0 radical (unpaired) electrons. The highest BCUT2D eigenvalue weighted by Gasteiger charge is 2.22. The largest absolute Gasteiger partial charge is 0.545 e. The average molecular weight is 471 g/mol. The van der Waals surface area contributed by atoms with Gasteiger partial charge in [0.15, 0.2) is 0 Å². The fourth-order valence-corrected chi connectivity index (χ4v) is 4.86. The van der Waals surface area contributed by atoms with Gasteiger partial charge in [-0.1, -0.05) is 35.3 Å². The van der Waals surface area contributed by atoms with Gasteiger partial charge < -0.3 is 15.0 Å². The number of aliphatic hydroxyl groups is 1. The van der Waals surface area contributed by atoms with Gasteiger partial charge in [0, 0.05) is 22.2 Å². The van der Waals surface area contributed by atoms with Crippen LogP contribution in [0.1, 0.15) is 38.3 Å². The third kappa shape index (κ3) is 6.30. The monoisotopic (exact) mass is 470 g/mol. The van der Waals surface area contributed by atoms with E-state index in [-0.39, 0.29) is 22.5 Å². The highest BCUT2D eigenvalue weighted by Crippen LogP contribution is 2.33. The second kappa shape index (κ2) is 9.49. The molecule has 2 aromatic rings. The fourth-order valence-electron chi connectivity index (χ4n) is 2.92. The number of sulfonamides is 1. The van der Waals surface area contributed by atoms with Gasteiger partial charge in [-0.05, 0) is 79.8 Å². The van der Waals surface area contributed by atoms with Gasteiger partial charge >= 0.3 is 0 Å². The molecule has 0 unspecified atom stereocenters. The third-order valence-electron chi connectivity index (χ3n) is 3.96. The van der Waals surface area contributed by atoms with Crippen LogP contribution in [0.2, 0.25) is 10.0 Å². The standard InChI is InChI=1S/C21H23Cl2NO5S/c1-21(2,3)24-30(28,29)17-6-4-13(5-7-17)19(18(8-9-25)20(26)27)14-10-15(22)12-16(23)11-14/h4-7,10-12,24-25H,8-9H2,1-3H3,(H,26,27)/p-1/b19-18-. The van der Waals surface area contributed by atoms with Crippen molar-refractivity contribution in [1.82, 2.24) is 4.72 Å². The van der Waals surface area contributed by atoms with Crippen molar-refractivity contribution in [2.45, 2.75) is 37.6 Å². The number of carbonyl (C=O) groups excluding carboxylic acids is 1. The Morgan fingerprint density at radius 3 is 2.00 bits per heavy atom. The van der Waals surface area contributed by atoms with E-state index in [9.17, 15) is 23.4 Å². The van der Waals surface area contributed by atoms with E-state index in [1.54, 1.807) is 20.8 Å². The predicted molar refractivity (Wildman–Crippen MR) is 116 cm³/mol. The first kappa shape index (κ1) is 24.4. The molecular formula is C21H22Cl2NO5S-. The summed E-state index contributed by atoms with van der Waals surface area (Å²) in [5.41, 5.74) is 0.239. The Hall–Kier alpha value is -1.90. The van der Waals surface area contributed by atoms with Crippen molar-refractivity contribution in [3.05, 3.63) is 69.2 Å². The first-order valence-electron chi connectivity index (χ1n) is 9.00. The summed E-state index contributed by atoms with van der Waals surface area (Å²) in [5, 5.41) is 21.7. The Labute approximate surface area is 186 Å². The van der Waals surface area contributed by atoms with Crippen LogP contribution in [-0.2, 0) is 14.8 Å². The van der Waals surface area contributed by atoms with E-state index >= 15 is 0 Å². The maximum Gasteiger partial charge on any atom is 0.241 e. The number of carboxylic acids is 1. The summed E-state index contributed by atoms with van der Waals surface area (Å²) in [4.78, 5) is 11.8. The molecule has 0 aliphatic heterocycles. The summed E-state index contributed by atoms with van der Waals surface area (Å²) in [5.74, 6) is -1.46. The van der Waals surface area contributed by atoms with E-state index in [0.717, 1.165) is 0 Å². The molecule has 0 bridgehead atoms. The minimum absolute atomic E-state index is 0.0295. The number of halogens is 2. The summed E-state index contributed by atoms with van der Waals surface area (Å²) in [6.45, 7) is 4.76. The molecule has 0 fully saturated rings. The normalized spacial score (nSPS) is 13.1. The summed E-state index contributed by atoms with van der Waals surface area (Å²) in [6, 6.07) is 10.3. The lowest BCUT2D eigenvalue weighted by molar-refractivity contribution is -0.299. The highest BCUT2D eigenvalue weighted by molar-refractivity contribution is 7.89. The molecule has 0 atom stereocenters. The van der Waals surface area contributed by atoms with Gasteiger partial charge in [0.2, 0.25) is 10.0 Å². The van der Waals surface area contributed by atoms with Crippen LogP contribution in [0.4, 0.5) is 0 Å². The van der Waals surface area contributed by atoms with Crippen molar-refractivity contribution in [2.24, 2.45) is 0 Å². The van der Waals surface area contributed by atoms with Crippen molar-refractivity contribution in [1.29, 1.82) is 0 Å². The van der Waals surface area contributed by atoms with E-state index < -0.39 is 28.1 Å². The quantitative estimate of drug-likeness (QED) is 0.604. The Kier molecular flexibility index (Phi) is 7.71. The summed E-state index contributed by atoms with van der Waals surface area (Å²) in [6.07, 6.45) is -0.173. The summed E-state index contributed by atoms with van der Waals surface area (Å²) >= 11 is 12.2. The molecule has 2 N–H and O–H groups in total. The van der Waals surface area contributed by atoms with Gasteiger partial charge in [-0.25, -0.2) is 13.1 Å². The van der Waals surface area contributed by atoms with Gasteiger partial charge in [-0.15, -0.1) is 0 Å². The van der Waals surface area contributed by atoms with Crippen LogP contribution in [0.15, 0.2) is 52.9 Å². The Balaban J connectivity index is 2.66. The zero-order valence-corrected chi connectivity index (χ0v) is 19.0. The van der Waals surface area contributed by atoms with Crippen LogP contribution in [0.25, 0.3) is 5.57 Å². The number of hydrogen-bond donors (Lipinski definition) is 2. The van der Waals surface area contributed by atoms with Crippen LogP contribution in [0.3, 0.4) is 0 Å². The second-order valence-corrected chi connectivity index (χ2v) is 10.2. The van der Waals surface area contributed by atoms with Gasteiger partial charge in [0.05, 0.1) is 10.9 Å². The maximum absolute atomic E-state index is 12.5. The molecule has 9 heteroatoms. The lowest BCUT2D eigenvalue weighted by Gasteiger charge is -2.21. The predicted octanol–water partition coefficient (Wildman–Crippen LogP) is 3.00. The Morgan fingerprint density at radius 2 is 1.57 bits per heavy atom. The van der Waals surface area contributed by atoms with Crippen molar-refractivity contribution in [3.8, 4) is 0 Å². The van der Waals surface area contributed by atoms with Gasteiger partial charge in [-0.2, -0.15) is 0 Å². The third-order valence-corrected chi connectivity index (χ3v) is 6.17. The van der Waals surface area contributed by atoms with Gasteiger partial charge in [0.1, 0.15) is 0 Å². The lowest BCUT2D eigenvalue weighted by atomic mass is 9.91. The summed E-state index contributed by atoms with van der Waals surface area (Å²) < 4.78 is 27.6. The Bertz CT molecular complexity index is 1050. The molecule has 0 heterocycles. The first-order chi connectivity index (χ1) is 13.8. The molecule has 0 aliphatic carbocycles. The minimum Gasteiger partial charge on any atom is -0.545 e. The van der Waals surface area contributed by atoms with Crippen LogP contribution in [0.5, 0.6) is 0 Å². The molecule has 6 nitrogen and oxygen atoms in total. The number of hydrogen-bond acceptors (Lipinski definition) is 5. The maximum atomic E-state index is 12.5. The molecule has 2 aromatic carbocycles. The molecule has 0 amide bonds. The number of aliphatic hydroxyl groups excluding tert-OH is 1. The van der Waals surface area contributed by atoms with E-state index in [2.05, 4.69) is 4.72 Å². The van der Waals surface area contributed by atoms with Crippen LogP contribution < -0.4 is 9.83 Å². The number of rotatable bonds is 7. The summed E-state index contributed by atoms with van der Waals surface area (Å²) in [7, 11) is -3.76. The molecule has 0 aromatic heterocycles. The van der Waals surface area contributed by atoms with Crippen molar-refractivity contribution in [3.63, 3.8) is 0 Å². The molecule has 162 valence electrons. The SMILES string of the molecule is CC(C)(C)NS(=O)(=O)c1ccc(/C(=C(\CCO)C(=O)[O-])c2cc(Cl)cc(Cl)c2)cc1. The number of nitrogens with one attached hydrogen (secondary N) is 1. The van der Waals surface area contributed by atoms with E-state index in [0.29, 0.717) is 21.2 Å². The van der Waals surface area contributed by atoms with Crippen molar-refractivity contribution in [2.75, 3.05) is 6.61 Å². The van der Waals surface area contributed by atoms with Crippen molar-refractivity contribution < 1.29 is 23.4 Å². The minimum atomic E-state index is -3.76. The van der Waals surface area contributed by atoms with Crippen molar-refractivity contribution >= 4 is 44.8 Å². The van der Waals surface area contributed by atoms with Gasteiger partial charge in [0.25, 0.3) is 0 Å². The molecule has 0 saturated heterocycles. The van der Waals surface area contributed by atoms with Crippen LogP contribution in [0, 0.1) is 0 Å². The van der Waals surface area contributed by atoms with E-state index in [1.807, 2.05) is 0 Å². The molecule has 0 saturated carbocycles. The molecule has 0 aliphatic rings. The van der Waals surface area contributed by atoms with Crippen LogP contribution in [-0.4, -0.2) is 31.6 Å². The Morgan fingerprint density at radius 1 is 1.03 bits per heavy atom. The first-order valence-corrected chi connectivity index (χ1v) is 11.2. The molecule has 2 rings (SSSR count). The topological polar surface area (TPSA) is 107 Å². The molecule has 30 heavy (non-hydrogen) atoms. The number of carboxylic acid groups (broad SMARTS) is 1. The average Bonchev–Trinajstić information content (AvgIpc) is 2.59. The smallest absolute Gasteiger partial charge is 0.241 e. The lowest BCUT2D eigenvalue weighted by Crippen LogP contribution is -2.40.